The van der Waals surface area contributed by atoms with Crippen molar-refractivity contribution in [3.8, 4) is 0 Å². The Morgan fingerprint density at radius 1 is 1.44 bits per heavy atom. The van der Waals surface area contributed by atoms with Crippen molar-refractivity contribution in [3.63, 3.8) is 0 Å². The molecule has 1 saturated carbocycles. The first kappa shape index (κ1) is 12.7. The van der Waals surface area contributed by atoms with Crippen LogP contribution in [0.15, 0.2) is 4.99 Å². The number of carbonyl (C=O) groups excluding carboxylic acids is 1. The van der Waals surface area contributed by atoms with Crippen molar-refractivity contribution in [2.24, 2.45) is 10.9 Å². The number of carboxylic acids is 1. The summed E-state index contributed by atoms with van der Waals surface area (Å²) < 4.78 is 5.02. The molecule has 0 heterocycles. The molecule has 0 aromatic rings. The Morgan fingerprint density at radius 3 is 2.50 bits per heavy atom. The van der Waals surface area contributed by atoms with Gasteiger partial charge in [-0.15, -0.1) is 0 Å². The second-order valence-corrected chi connectivity index (χ2v) is 4.94. The van der Waals surface area contributed by atoms with Crippen molar-refractivity contribution in [2.45, 2.75) is 45.6 Å². The first-order valence-electron chi connectivity index (χ1n) is 5.30. The zero-order chi connectivity index (χ0) is 12.3. The molecule has 1 atom stereocenters. The van der Waals surface area contributed by atoms with E-state index < -0.39 is 23.6 Å². The summed E-state index contributed by atoms with van der Waals surface area (Å²) in [5.74, 6) is -1.23. The number of aliphatic imine (C=N–C) groups is 1. The zero-order valence-electron chi connectivity index (χ0n) is 9.82. The van der Waals surface area contributed by atoms with E-state index in [1.807, 2.05) is 0 Å². The highest BCUT2D eigenvalue weighted by Crippen LogP contribution is 2.23. The summed E-state index contributed by atoms with van der Waals surface area (Å²) in [7, 11) is 0. The average molecular weight is 227 g/mol. The van der Waals surface area contributed by atoms with E-state index >= 15 is 0 Å². The van der Waals surface area contributed by atoms with Gasteiger partial charge in [0.2, 0.25) is 0 Å². The molecule has 0 saturated heterocycles. The molecule has 1 N–H and O–H groups in total. The normalized spacial score (nSPS) is 23.4. The fourth-order valence-corrected chi connectivity index (χ4v) is 1.56. The minimum Gasteiger partial charge on any atom is -0.481 e. The molecular weight excluding hydrogens is 210 g/mol. The summed E-state index contributed by atoms with van der Waals surface area (Å²) in [6, 6.07) is 0. The lowest BCUT2D eigenvalue weighted by Gasteiger charge is -2.17. The van der Waals surface area contributed by atoms with Gasteiger partial charge in [-0.2, -0.15) is 4.99 Å². The number of nitrogens with zero attached hydrogens (tertiary/aromatic N) is 1. The lowest BCUT2D eigenvalue weighted by Crippen LogP contribution is -2.22. The van der Waals surface area contributed by atoms with Gasteiger partial charge in [0.05, 0.1) is 5.92 Å². The van der Waals surface area contributed by atoms with E-state index in [4.69, 9.17) is 9.84 Å². The Bertz CT molecular complexity index is 327. The van der Waals surface area contributed by atoms with E-state index in [-0.39, 0.29) is 0 Å². The first-order chi connectivity index (χ1) is 7.28. The smallest absolute Gasteiger partial charge is 0.434 e. The van der Waals surface area contributed by atoms with Crippen LogP contribution in [0.5, 0.6) is 0 Å². The first-order valence-corrected chi connectivity index (χ1v) is 5.30. The van der Waals surface area contributed by atoms with Crippen LogP contribution in [0.1, 0.15) is 40.0 Å². The van der Waals surface area contributed by atoms with Crippen LogP contribution >= 0.6 is 0 Å². The maximum atomic E-state index is 11.3. The molecule has 16 heavy (non-hydrogen) atoms. The van der Waals surface area contributed by atoms with Crippen molar-refractivity contribution >= 4 is 17.8 Å². The highest BCUT2D eigenvalue weighted by molar-refractivity contribution is 5.97. The molecule has 0 radical (unpaired) electrons. The Hall–Kier alpha value is -1.39. The van der Waals surface area contributed by atoms with Gasteiger partial charge in [0.25, 0.3) is 0 Å². The molecule has 0 unspecified atom stereocenters. The lowest BCUT2D eigenvalue weighted by atomic mass is 10.1. The van der Waals surface area contributed by atoms with Crippen molar-refractivity contribution in [3.05, 3.63) is 0 Å². The van der Waals surface area contributed by atoms with Crippen molar-refractivity contribution in [1.82, 2.24) is 0 Å². The fraction of sp³-hybridized carbons (Fsp3) is 0.727. The number of rotatable bonds is 1. The molecule has 0 aromatic heterocycles. The minimum atomic E-state index is -0.825. The van der Waals surface area contributed by atoms with Gasteiger partial charge in [-0.1, -0.05) is 0 Å². The number of amides is 1. The van der Waals surface area contributed by atoms with Crippen LogP contribution in [0.25, 0.3) is 0 Å². The van der Waals surface area contributed by atoms with E-state index in [1.54, 1.807) is 20.8 Å². The molecule has 1 aliphatic carbocycles. The zero-order valence-corrected chi connectivity index (χ0v) is 9.82. The Kier molecular flexibility index (Phi) is 3.67. The van der Waals surface area contributed by atoms with Crippen LogP contribution in [-0.4, -0.2) is 28.5 Å². The van der Waals surface area contributed by atoms with E-state index in [0.29, 0.717) is 25.0 Å². The van der Waals surface area contributed by atoms with E-state index in [0.717, 1.165) is 0 Å². The molecule has 0 aliphatic heterocycles. The number of carboxylic acid groups (broad SMARTS) is 1. The molecule has 1 fully saturated rings. The number of aliphatic carboxylic acids is 1. The highest BCUT2D eigenvalue weighted by Gasteiger charge is 2.27. The number of ether oxygens (including phenoxy) is 1. The van der Waals surface area contributed by atoms with Crippen LogP contribution in [-0.2, 0) is 9.53 Å². The number of hydrogen-bond acceptors (Lipinski definition) is 3. The van der Waals surface area contributed by atoms with Crippen LogP contribution in [0, 0.1) is 5.92 Å². The van der Waals surface area contributed by atoms with Crippen LogP contribution < -0.4 is 0 Å². The van der Waals surface area contributed by atoms with Crippen molar-refractivity contribution in [2.75, 3.05) is 0 Å². The molecule has 0 aromatic carbocycles. The van der Waals surface area contributed by atoms with E-state index in [2.05, 4.69) is 4.99 Å². The van der Waals surface area contributed by atoms with Crippen LogP contribution in [0.3, 0.4) is 0 Å². The quantitative estimate of drug-likeness (QED) is 0.745. The molecule has 0 bridgehead atoms. The second-order valence-electron chi connectivity index (χ2n) is 4.94. The van der Waals surface area contributed by atoms with Crippen molar-refractivity contribution < 1.29 is 19.4 Å². The molecule has 1 aliphatic rings. The molecule has 1 amide bonds. The second kappa shape index (κ2) is 4.63. The summed E-state index contributed by atoms with van der Waals surface area (Å²) in [5.41, 5.74) is 0.0630. The highest BCUT2D eigenvalue weighted by atomic mass is 16.6. The van der Waals surface area contributed by atoms with E-state index in [9.17, 15) is 9.59 Å². The third-order valence-corrected chi connectivity index (χ3v) is 2.26. The third-order valence-electron chi connectivity index (χ3n) is 2.26. The topological polar surface area (TPSA) is 76.0 Å². The van der Waals surface area contributed by atoms with E-state index in [1.165, 1.54) is 0 Å². The van der Waals surface area contributed by atoms with Gasteiger partial charge in [-0.25, -0.2) is 4.79 Å². The summed E-state index contributed by atoms with van der Waals surface area (Å²) >= 11 is 0. The predicted octanol–water partition coefficient (Wildman–Crippen LogP) is 2.25. The SMILES string of the molecule is CC(C)(C)OC(=O)N=C1CC[C@@H](C(=O)O)C1. The van der Waals surface area contributed by atoms with Crippen LogP contribution in [0.2, 0.25) is 0 Å². The predicted molar refractivity (Wildman–Crippen MR) is 58.6 cm³/mol. The Balaban J connectivity index is 2.53. The Labute approximate surface area is 94.5 Å². The summed E-state index contributed by atoms with van der Waals surface area (Å²) in [6.45, 7) is 5.29. The summed E-state index contributed by atoms with van der Waals surface area (Å²) in [6.07, 6.45) is 0.843. The molecule has 0 spiro atoms. The largest absolute Gasteiger partial charge is 0.481 e. The molecular formula is C11H17NO4. The van der Waals surface area contributed by atoms with Gasteiger partial charge in [0.1, 0.15) is 5.60 Å². The van der Waals surface area contributed by atoms with Gasteiger partial charge in [0, 0.05) is 5.71 Å². The van der Waals surface area contributed by atoms with Gasteiger partial charge in [-0.3, -0.25) is 4.79 Å². The molecule has 90 valence electrons. The third kappa shape index (κ3) is 4.00. The standard InChI is InChI=1S/C11H17NO4/c1-11(2,3)16-10(15)12-8-5-4-7(6-8)9(13)14/h7H,4-6H2,1-3H3,(H,13,14)/t7-/m1/s1. The lowest BCUT2D eigenvalue weighted by molar-refractivity contribution is -0.141. The average Bonchev–Trinajstić information content (AvgIpc) is 2.48. The van der Waals surface area contributed by atoms with Gasteiger partial charge in [0.15, 0.2) is 0 Å². The number of carbonyl (C=O) groups is 2. The van der Waals surface area contributed by atoms with Gasteiger partial charge < -0.3 is 9.84 Å². The maximum absolute atomic E-state index is 11.3. The monoisotopic (exact) mass is 227 g/mol. The number of hydrogen-bond donors (Lipinski definition) is 1. The summed E-state index contributed by atoms with van der Waals surface area (Å²) in [5, 5.41) is 8.78. The van der Waals surface area contributed by atoms with Gasteiger partial charge in [-0.05, 0) is 40.0 Å². The minimum absolute atomic E-state index is 0.356. The summed E-state index contributed by atoms with van der Waals surface area (Å²) in [4.78, 5) is 25.8. The molecule has 1 rings (SSSR count). The maximum Gasteiger partial charge on any atom is 0.434 e. The van der Waals surface area contributed by atoms with Crippen LogP contribution in [0.4, 0.5) is 4.79 Å². The fourth-order valence-electron chi connectivity index (χ4n) is 1.56. The van der Waals surface area contributed by atoms with Gasteiger partial charge >= 0.3 is 12.1 Å². The molecule has 5 nitrogen and oxygen atoms in total. The van der Waals surface area contributed by atoms with Crippen molar-refractivity contribution in [1.29, 1.82) is 0 Å². The Morgan fingerprint density at radius 2 is 2.06 bits per heavy atom. The molecule has 5 heteroatoms.